The minimum atomic E-state index is -0.0961. The zero-order chi connectivity index (χ0) is 16.2. The molecule has 1 atom stereocenters. The van der Waals surface area contributed by atoms with Crippen molar-refractivity contribution in [2.24, 2.45) is 5.92 Å². The van der Waals surface area contributed by atoms with E-state index in [2.05, 4.69) is 22.2 Å². The van der Waals surface area contributed by atoms with Gasteiger partial charge in [-0.1, -0.05) is 6.07 Å². The Bertz CT molecular complexity index is 547. The number of anilines is 1. The van der Waals surface area contributed by atoms with Crippen LogP contribution in [0.4, 0.5) is 10.6 Å². The summed E-state index contributed by atoms with van der Waals surface area (Å²) >= 11 is 0. The Morgan fingerprint density at radius 2 is 2.26 bits per heavy atom. The summed E-state index contributed by atoms with van der Waals surface area (Å²) in [5, 5.41) is 2.88. The van der Waals surface area contributed by atoms with Crippen LogP contribution in [-0.2, 0) is 4.74 Å². The molecule has 0 bridgehead atoms. The topological polar surface area (TPSA) is 57.7 Å². The molecule has 1 N–H and O–H groups in total. The number of urea groups is 1. The molecule has 0 spiro atoms. The molecule has 0 unspecified atom stereocenters. The molecule has 1 aliphatic carbocycles. The van der Waals surface area contributed by atoms with E-state index < -0.39 is 0 Å². The van der Waals surface area contributed by atoms with Crippen LogP contribution in [0.25, 0.3) is 0 Å². The van der Waals surface area contributed by atoms with Crippen molar-refractivity contribution in [2.75, 3.05) is 45.2 Å². The smallest absolute Gasteiger partial charge is 0.323 e. The van der Waals surface area contributed by atoms with E-state index >= 15 is 0 Å². The van der Waals surface area contributed by atoms with Gasteiger partial charge < -0.3 is 14.5 Å². The standard InChI is InChI=1S/C17H26N4O2/c1-13-4-3-5-16(18-13)19-17(22)21-8-9-23-15(12-21)11-20(2)10-14-6-7-14/h3-5,14-15H,6-12H2,1-2H3,(H,18,19,22)/t15-/m0/s1. The van der Waals surface area contributed by atoms with Crippen molar-refractivity contribution in [3.8, 4) is 0 Å². The van der Waals surface area contributed by atoms with Crippen molar-refractivity contribution in [2.45, 2.75) is 25.9 Å². The van der Waals surface area contributed by atoms with Crippen molar-refractivity contribution in [3.05, 3.63) is 23.9 Å². The Balaban J connectivity index is 1.49. The molecule has 1 saturated carbocycles. The number of ether oxygens (including phenoxy) is 1. The third-order valence-electron chi connectivity index (χ3n) is 4.33. The number of rotatable bonds is 5. The van der Waals surface area contributed by atoms with Gasteiger partial charge in [0, 0.05) is 31.9 Å². The molecule has 2 fully saturated rings. The summed E-state index contributed by atoms with van der Waals surface area (Å²) in [5.74, 6) is 1.47. The van der Waals surface area contributed by atoms with Crippen LogP contribution in [0.1, 0.15) is 18.5 Å². The molecule has 2 aliphatic rings. The molecule has 1 aromatic heterocycles. The van der Waals surface area contributed by atoms with E-state index in [1.54, 1.807) is 0 Å². The number of aromatic nitrogens is 1. The minimum Gasteiger partial charge on any atom is -0.373 e. The molecule has 126 valence electrons. The van der Waals surface area contributed by atoms with E-state index in [9.17, 15) is 4.79 Å². The number of aryl methyl sites for hydroxylation is 1. The number of nitrogens with one attached hydrogen (secondary N) is 1. The number of likely N-dealkylation sites (N-methyl/N-ethyl adjacent to an activating group) is 1. The third kappa shape index (κ3) is 4.91. The SMILES string of the molecule is Cc1cccc(NC(=O)N2CCO[C@@H](CN(C)CC3CC3)C2)n1. The highest BCUT2D eigenvalue weighted by Crippen LogP contribution is 2.29. The van der Waals surface area contributed by atoms with Gasteiger partial charge in [-0.3, -0.25) is 5.32 Å². The summed E-state index contributed by atoms with van der Waals surface area (Å²) in [7, 11) is 2.14. The number of nitrogens with zero attached hydrogens (tertiary/aromatic N) is 3. The van der Waals surface area contributed by atoms with Gasteiger partial charge in [-0.2, -0.15) is 0 Å². The first-order valence-electron chi connectivity index (χ1n) is 8.40. The van der Waals surface area contributed by atoms with E-state index in [0.29, 0.717) is 25.5 Å². The largest absolute Gasteiger partial charge is 0.373 e. The van der Waals surface area contributed by atoms with Crippen molar-refractivity contribution in [1.29, 1.82) is 0 Å². The summed E-state index contributed by atoms with van der Waals surface area (Å²) in [6, 6.07) is 5.52. The zero-order valence-electron chi connectivity index (χ0n) is 14.0. The van der Waals surface area contributed by atoms with E-state index in [1.165, 1.54) is 12.8 Å². The van der Waals surface area contributed by atoms with Crippen molar-refractivity contribution in [1.82, 2.24) is 14.8 Å². The van der Waals surface area contributed by atoms with Crippen LogP contribution in [-0.4, -0.2) is 66.8 Å². The number of morpholine rings is 1. The Morgan fingerprint density at radius 1 is 1.43 bits per heavy atom. The van der Waals surface area contributed by atoms with Gasteiger partial charge in [-0.25, -0.2) is 9.78 Å². The molecule has 1 aromatic rings. The maximum absolute atomic E-state index is 12.4. The Hall–Kier alpha value is -1.66. The second kappa shape index (κ2) is 7.27. The average molecular weight is 318 g/mol. The molecule has 1 saturated heterocycles. The molecule has 0 aromatic carbocycles. The van der Waals surface area contributed by atoms with Gasteiger partial charge in [-0.15, -0.1) is 0 Å². The number of carbonyl (C=O) groups excluding carboxylic acids is 1. The molecule has 6 heteroatoms. The number of hydrogen-bond acceptors (Lipinski definition) is 4. The van der Waals surface area contributed by atoms with E-state index in [4.69, 9.17) is 4.74 Å². The fourth-order valence-electron chi connectivity index (χ4n) is 2.98. The highest BCUT2D eigenvalue weighted by atomic mass is 16.5. The predicted molar refractivity (Wildman–Crippen MR) is 89.5 cm³/mol. The first-order valence-corrected chi connectivity index (χ1v) is 8.40. The lowest BCUT2D eigenvalue weighted by Gasteiger charge is -2.34. The molecular formula is C17H26N4O2. The number of carbonyl (C=O) groups is 1. The molecule has 2 amide bonds. The van der Waals surface area contributed by atoms with Crippen molar-refractivity contribution >= 4 is 11.8 Å². The van der Waals surface area contributed by atoms with Crippen molar-refractivity contribution < 1.29 is 9.53 Å². The molecule has 0 radical (unpaired) electrons. The third-order valence-corrected chi connectivity index (χ3v) is 4.33. The van der Waals surface area contributed by atoms with E-state index in [0.717, 1.165) is 24.7 Å². The van der Waals surface area contributed by atoms with Gasteiger partial charge in [0.2, 0.25) is 0 Å². The quantitative estimate of drug-likeness (QED) is 0.902. The van der Waals surface area contributed by atoms with Crippen LogP contribution in [0.5, 0.6) is 0 Å². The second-order valence-corrected chi connectivity index (χ2v) is 6.70. The lowest BCUT2D eigenvalue weighted by Crippen LogP contribution is -2.50. The molecule has 1 aliphatic heterocycles. The van der Waals surface area contributed by atoms with Gasteiger partial charge >= 0.3 is 6.03 Å². The highest BCUT2D eigenvalue weighted by molar-refractivity contribution is 5.88. The number of hydrogen-bond donors (Lipinski definition) is 1. The Labute approximate surface area is 137 Å². The molecule has 23 heavy (non-hydrogen) atoms. The van der Waals surface area contributed by atoms with Crippen LogP contribution in [0.15, 0.2) is 18.2 Å². The maximum atomic E-state index is 12.4. The van der Waals surface area contributed by atoms with Gasteiger partial charge in [0.15, 0.2) is 0 Å². The van der Waals surface area contributed by atoms with Crippen molar-refractivity contribution in [3.63, 3.8) is 0 Å². The lowest BCUT2D eigenvalue weighted by molar-refractivity contribution is -0.0261. The normalized spacial score (nSPS) is 21.5. The first-order chi connectivity index (χ1) is 11.1. The minimum absolute atomic E-state index is 0.0868. The Morgan fingerprint density at radius 3 is 3.00 bits per heavy atom. The molecule has 6 nitrogen and oxygen atoms in total. The fourth-order valence-corrected chi connectivity index (χ4v) is 2.98. The lowest BCUT2D eigenvalue weighted by atomic mass is 10.2. The highest BCUT2D eigenvalue weighted by Gasteiger charge is 2.28. The van der Waals surface area contributed by atoms with Gasteiger partial charge in [-0.05, 0) is 44.9 Å². The average Bonchev–Trinajstić information content (AvgIpc) is 3.31. The van der Waals surface area contributed by atoms with Crippen LogP contribution < -0.4 is 5.32 Å². The number of amides is 2. The fraction of sp³-hybridized carbons (Fsp3) is 0.647. The Kier molecular flexibility index (Phi) is 5.13. The van der Waals surface area contributed by atoms with Crippen LogP contribution in [0.3, 0.4) is 0 Å². The van der Waals surface area contributed by atoms with Gasteiger partial charge in [0.25, 0.3) is 0 Å². The predicted octanol–water partition coefficient (Wildman–Crippen LogP) is 1.96. The van der Waals surface area contributed by atoms with Gasteiger partial charge in [0.1, 0.15) is 5.82 Å². The monoisotopic (exact) mass is 318 g/mol. The molecule has 3 rings (SSSR count). The first kappa shape index (κ1) is 16.2. The van der Waals surface area contributed by atoms with E-state index in [-0.39, 0.29) is 12.1 Å². The van der Waals surface area contributed by atoms with Crippen LogP contribution >= 0.6 is 0 Å². The van der Waals surface area contributed by atoms with Crippen LogP contribution in [0.2, 0.25) is 0 Å². The summed E-state index contributed by atoms with van der Waals surface area (Å²) in [4.78, 5) is 20.9. The maximum Gasteiger partial charge on any atom is 0.323 e. The second-order valence-electron chi connectivity index (χ2n) is 6.70. The van der Waals surface area contributed by atoms with Crippen LogP contribution in [0, 0.1) is 12.8 Å². The number of pyridine rings is 1. The van der Waals surface area contributed by atoms with Gasteiger partial charge in [0.05, 0.1) is 12.7 Å². The summed E-state index contributed by atoms with van der Waals surface area (Å²) < 4.78 is 5.82. The molecular weight excluding hydrogens is 292 g/mol. The van der Waals surface area contributed by atoms with E-state index in [1.807, 2.05) is 30.0 Å². The molecule has 2 heterocycles. The summed E-state index contributed by atoms with van der Waals surface area (Å²) in [6.07, 6.45) is 2.80. The summed E-state index contributed by atoms with van der Waals surface area (Å²) in [5.41, 5.74) is 0.893. The summed E-state index contributed by atoms with van der Waals surface area (Å²) in [6.45, 7) is 5.78. The zero-order valence-corrected chi connectivity index (χ0v) is 14.0.